The minimum atomic E-state index is -0.364. The molecule has 0 radical (unpaired) electrons. The summed E-state index contributed by atoms with van der Waals surface area (Å²) >= 11 is 1.36. The summed E-state index contributed by atoms with van der Waals surface area (Å²) in [6, 6.07) is 17.2. The maximum absolute atomic E-state index is 13.7. The minimum Gasteiger partial charge on any atom is -0.295 e. The molecule has 0 unspecified atom stereocenters. The van der Waals surface area contributed by atoms with E-state index in [2.05, 4.69) is 0 Å². The number of thiophene rings is 1. The molecular formula is C20H15FO2S. The minimum absolute atomic E-state index is 0.00394. The van der Waals surface area contributed by atoms with Crippen molar-refractivity contribution in [2.45, 2.75) is 13.3 Å². The van der Waals surface area contributed by atoms with Crippen molar-refractivity contribution in [1.29, 1.82) is 0 Å². The van der Waals surface area contributed by atoms with Gasteiger partial charge in [-0.15, -0.1) is 11.3 Å². The Morgan fingerprint density at radius 1 is 1.00 bits per heavy atom. The van der Waals surface area contributed by atoms with Crippen LogP contribution in [0.4, 0.5) is 4.39 Å². The Morgan fingerprint density at radius 3 is 2.54 bits per heavy atom. The molecule has 1 aromatic heterocycles. The number of halogens is 1. The highest BCUT2D eigenvalue weighted by molar-refractivity contribution is 7.17. The predicted octanol–water partition coefficient (Wildman–Crippen LogP) is 5.18. The van der Waals surface area contributed by atoms with Crippen molar-refractivity contribution in [2.24, 2.45) is 0 Å². The van der Waals surface area contributed by atoms with E-state index in [1.165, 1.54) is 24.3 Å². The van der Waals surface area contributed by atoms with Crippen LogP contribution < -0.4 is 0 Å². The first-order valence-corrected chi connectivity index (χ1v) is 8.34. The molecule has 4 heteroatoms. The van der Waals surface area contributed by atoms with Crippen molar-refractivity contribution in [3.05, 3.63) is 82.5 Å². The third-order valence-electron chi connectivity index (χ3n) is 3.74. The maximum Gasteiger partial charge on any atom is 0.177 e. The molecule has 0 amide bonds. The van der Waals surface area contributed by atoms with E-state index in [4.69, 9.17) is 0 Å². The SMILES string of the molecule is CC(=O)c1cccc(-c2ccc(C(=O)Cc3ccccc3F)s2)c1. The fourth-order valence-corrected chi connectivity index (χ4v) is 3.38. The number of rotatable bonds is 5. The molecule has 24 heavy (non-hydrogen) atoms. The van der Waals surface area contributed by atoms with Gasteiger partial charge in [0.1, 0.15) is 5.82 Å². The van der Waals surface area contributed by atoms with Gasteiger partial charge in [-0.2, -0.15) is 0 Å². The average molecular weight is 338 g/mol. The van der Waals surface area contributed by atoms with Crippen LogP contribution in [0.1, 0.15) is 32.5 Å². The molecule has 1 heterocycles. The molecule has 0 saturated carbocycles. The van der Waals surface area contributed by atoms with Crippen LogP contribution in [-0.2, 0) is 6.42 Å². The number of benzene rings is 2. The van der Waals surface area contributed by atoms with Crippen molar-refractivity contribution in [1.82, 2.24) is 0 Å². The summed E-state index contributed by atoms with van der Waals surface area (Å²) in [6.45, 7) is 1.52. The van der Waals surface area contributed by atoms with Gasteiger partial charge in [-0.25, -0.2) is 4.39 Å². The standard InChI is InChI=1S/C20H15FO2S/c1-13(22)14-6-4-7-16(11-14)19-9-10-20(24-19)18(23)12-15-5-2-3-8-17(15)21/h2-11H,12H2,1H3. The Balaban J connectivity index is 1.83. The smallest absolute Gasteiger partial charge is 0.177 e. The van der Waals surface area contributed by atoms with E-state index in [0.717, 1.165) is 10.4 Å². The molecule has 0 atom stereocenters. The molecule has 0 aliphatic heterocycles. The van der Waals surface area contributed by atoms with Crippen LogP contribution in [0.2, 0.25) is 0 Å². The second-order valence-electron chi connectivity index (χ2n) is 5.49. The topological polar surface area (TPSA) is 34.1 Å². The zero-order valence-corrected chi connectivity index (χ0v) is 13.9. The van der Waals surface area contributed by atoms with Gasteiger partial charge in [-0.1, -0.05) is 36.4 Å². The van der Waals surface area contributed by atoms with Gasteiger partial charge in [0.2, 0.25) is 0 Å². The van der Waals surface area contributed by atoms with Gasteiger partial charge in [0, 0.05) is 16.9 Å². The molecular weight excluding hydrogens is 323 g/mol. The van der Waals surface area contributed by atoms with Crippen LogP contribution >= 0.6 is 11.3 Å². The van der Waals surface area contributed by atoms with E-state index in [-0.39, 0.29) is 23.8 Å². The van der Waals surface area contributed by atoms with Crippen LogP contribution in [0, 0.1) is 5.82 Å². The van der Waals surface area contributed by atoms with Gasteiger partial charge in [-0.3, -0.25) is 9.59 Å². The Labute approximate surface area is 143 Å². The first kappa shape index (κ1) is 16.3. The molecule has 0 saturated heterocycles. The fraction of sp³-hybridized carbons (Fsp3) is 0.100. The van der Waals surface area contributed by atoms with Gasteiger partial charge >= 0.3 is 0 Å². The zero-order chi connectivity index (χ0) is 17.1. The summed E-state index contributed by atoms with van der Waals surface area (Å²) < 4.78 is 13.7. The monoisotopic (exact) mass is 338 g/mol. The molecule has 0 fully saturated rings. The zero-order valence-electron chi connectivity index (χ0n) is 13.1. The summed E-state index contributed by atoms with van der Waals surface area (Å²) in [6.07, 6.45) is 0.0418. The number of carbonyl (C=O) groups is 2. The Hall–Kier alpha value is -2.59. The molecule has 0 spiro atoms. The first-order chi connectivity index (χ1) is 11.5. The summed E-state index contributed by atoms with van der Waals surface area (Å²) in [7, 11) is 0. The molecule has 0 bridgehead atoms. The first-order valence-electron chi connectivity index (χ1n) is 7.52. The third-order valence-corrected chi connectivity index (χ3v) is 4.92. The molecule has 3 rings (SSSR count). The maximum atomic E-state index is 13.7. The van der Waals surface area contributed by atoms with E-state index in [1.54, 1.807) is 30.3 Å². The summed E-state index contributed by atoms with van der Waals surface area (Å²) in [5.74, 6) is -0.472. The Morgan fingerprint density at radius 2 is 1.79 bits per heavy atom. The number of hydrogen-bond acceptors (Lipinski definition) is 3. The van der Waals surface area contributed by atoms with Crippen LogP contribution in [0.15, 0.2) is 60.7 Å². The van der Waals surface area contributed by atoms with Crippen molar-refractivity contribution in [3.63, 3.8) is 0 Å². The molecule has 0 aliphatic rings. The van der Waals surface area contributed by atoms with E-state index >= 15 is 0 Å². The highest BCUT2D eigenvalue weighted by Crippen LogP contribution is 2.29. The summed E-state index contributed by atoms with van der Waals surface area (Å²) in [4.78, 5) is 25.4. The number of ketones is 2. The number of hydrogen-bond donors (Lipinski definition) is 0. The quantitative estimate of drug-likeness (QED) is 0.601. The van der Waals surface area contributed by atoms with E-state index < -0.39 is 0 Å². The van der Waals surface area contributed by atoms with Crippen molar-refractivity contribution in [3.8, 4) is 10.4 Å². The molecule has 120 valence electrons. The lowest BCUT2D eigenvalue weighted by Gasteiger charge is -2.01. The average Bonchev–Trinajstić information content (AvgIpc) is 3.07. The second-order valence-corrected chi connectivity index (χ2v) is 6.58. The highest BCUT2D eigenvalue weighted by atomic mass is 32.1. The number of Topliss-reactive ketones (excluding diaryl/α,β-unsaturated/α-hetero) is 2. The Bertz CT molecular complexity index is 911. The Kier molecular flexibility index (Phi) is 4.67. The van der Waals surface area contributed by atoms with Crippen molar-refractivity contribution < 1.29 is 14.0 Å². The lowest BCUT2D eigenvalue weighted by Crippen LogP contribution is -2.02. The fourth-order valence-electron chi connectivity index (χ4n) is 2.44. The van der Waals surface area contributed by atoms with Crippen LogP contribution in [0.5, 0.6) is 0 Å². The lowest BCUT2D eigenvalue weighted by molar-refractivity contribution is 0.0992. The van der Waals surface area contributed by atoms with Crippen molar-refractivity contribution in [2.75, 3.05) is 0 Å². The number of carbonyl (C=O) groups excluding carboxylic acids is 2. The molecule has 2 aromatic carbocycles. The largest absolute Gasteiger partial charge is 0.295 e. The summed E-state index contributed by atoms with van der Waals surface area (Å²) in [5, 5.41) is 0. The van der Waals surface area contributed by atoms with Gasteiger partial charge in [0.15, 0.2) is 11.6 Å². The third kappa shape index (κ3) is 3.49. The van der Waals surface area contributed by atoms with Crippen LogP contribution in [-0.4, -0.2) is 11.6 Å². The molecule has 3 aromatic rings. The molecule has 0 aliphatic carbocycles. The van der Waals surface area contributed by atoms with Crippen LogP contribution in [0.3, 0.4) is 0 Å². The van der Waals surface area contributed by atoms with Crippen molar-refractivity contribution >= 4 is 22.9 Å². The predicted molar refractivity (Wildman–Crippen MR) is 94.2 cm³/mol. The van der Waals surface area contributed by atoms with E-state index in [1.807, 2.05) is 24.3 Å². The lowest BCUT2D eigenvalue weighted by atomic mass is 10.1. The normalized spacial score (nSPS) is 10.6. The van der Waals surface area contributed by atoms with E-state index in [0.29, 0.717) is 16.0 Å². The molecule has 2 nitrogen and oxygen atoms in total. The highest BCUT2D eigenvalue weighted by Gasteiger charge is 2.13. The second kappa shape index (κ2) is 6.89. The molecule has 0 N–H and O–H groups in total. The van der Waals surface area contributed by atoms with Gasteiger partial charge in [0.25, 0.3) is 0 Å². The van der Waals surface area contributed by atoms with Gasteiger partial charge in [0.05, 0.1) is 4.88 Å². The summed E-state index contributed by atoms with van der Waals surface area (Å²) in [5.41, 5.74) is 1.94. The van der Waals surface area contributed by atoms with Gasteiger partial charge in [-0.05, 0) is 42.3 Å². The van der Waals surface area contributed by atoms with E-state index in [9.17, 15) is 14.0 Å². The van der Waals surface area contributed by atoms with Gasteiger partial charge < -0.3 is 0 Å². The van der Waals surface area contributed by atoms with Crippen LogP contribution in [0.25, 0.3) is 10.4 Å².